The summed E-state index contributed by atoms with van der Waals surface area (Å²) in [5, 5.41) is 25.1. The minimum Gasteiger partial charge on any atom is -0.309 e. The average molecular weight is 1420 g/mol. The maximum absolute atomic E-state index is 2.44. The first-order chi connectivity index (χ1) is 55.6. The van der Waals surface area contributed by atoms with Crippen molar-refractivity contribution in [1.82, 2.24) is 18.3 Å². The van der Waals surface area contributed by atoms with Crippen LogP contribution in [0.25, 0.3) is 219 Å². The van der Waals surface area contributed by atoms with Crippen LogP contribution in [0.15, 0.2) is 413 Å². The molecule has 4 nitrogen and oxygen atoms in total. The van der Waals surface area contributed by atoms with Gasteiger partial charge in [0.25, 0.3) is 0 Å². The molecule has 0 saturated carbocycles. The highest BCUT2D eigenvalue weighted by atomic mass is 15.0. The van der Waals surface area contributed by atoms with Gasteiger partial charge in [0.15, 0.2) is 0 Å². The second-order valence-electron chi connectivity index (χ2n) is 29.7. The van der Waals surface area contributed by atoms with Crippen LogP contribution in [0.2, 0.25) is 0 Å². The predicted molar refractivity (Wildman–Crippen MR) is 477 cm³/mol. The fourth-order valence-electron chi connectivity index (χ4n) is 19.0. The van der Waals surface area contributed by atoms with Crippen LogP contribution in [0, 0.1) is 0 Å². The van der Waals surface area contributed by atoms with E-state index in [1.54, 1.807) is 0 Å². The van der Waals surface area contributed by atoms with Gasteiger partial charge in [-0.25, -0.2) is 0 Å². The minimum absolute atomic E-state index is 1.17. The van der Waals surface area contributed by atoms with Gasteiger partial charge < -0.3 is 18.3 Å². The Morgan fingerprint density at radius 3 is 0.607 bits per heavy atom. The molecular weight excluding hydrogens is 1350 g/mol. The summed E-state index contributed by atoms with van der Waals surface area (Å²) in [6, 6.07) is 151. The molecule has 24 rings (SSSR count). The van der Waals surface area contributed by atoms with Crippen LogP contribution in [0.3, 0.4) is 0 Å². The van der Waals surface area contributed by atoms with Crippen molar-refractivity contribution < 1.29 is 0 Å². The number of nitrogens with zero attached hydrogens (tertiary/aromatic N) is 4. The monoisotopic (exact) mass is 1420 g/mol. The van der Waals surface area contributed by atoms with Crippen molar-refractivity contribution in [3.8, 4) is 67.3 Å². The highest BCUT2D eigenvalue weighted by Gasteiger charge is 2.23. The Balaban J connectivity index is 0.000000134. The molecular formula is C108H68N4. The van der Waals surface area contributed by atoms with Crippen molar-refractivity contribution in [3.05, 3.63) is 413 Å². The molecule has 112 heavy (non-hydrogen) atoms. The summed E-state index contributed by atoms with van der Waals surface area (Å²) < 4.78 is 9.70. The summed E-state index contributed by atoms with van der Waals surface area (Å²) in [4.78, 5) is 0. The maximum atomic E-state index is 2.44. The lowest BCUT2D eigenvalue weighted by Gasteiger charge is -2.18. The van der Waals surface area contributed by atoms with E-state index in [4.69, 9.17) is 0 Å². The van der Waals surface area contributed by atoms with Gasteiger partial charge in [0.2, 0.25) is 0 Å². The molecule has 520 valence electrons. The van der Waals surface area contributed by atoms with Crippen LogP contribution >= 0.6 is 0 Å². The van der Waals surface area contributed by atoms with Crippen LogP contribution < -0.4 is 0 Å². The van der Waals surface area contributed by atoms with E-state index in [0.29, 0.717) is 0 Å². The van der Waals surface area contributed by atoms with Gasteiger partial charge in [-0.2, -0.15) is 0 Å². The SMILES string of the molecule is c1ccc2c(-c3ccc(-n4c5ccccc5c5ccccc54)c4ccccc34)ccc(-c3ccc(-n4c5ccccc5c5ccccc54)c4ccccc34)c2c1.c1ccc2c(-c3ccc(-n4c5ccccc5c5ccccc54)c4ccccc34)ccc(-c3ccc4cc(-n5c6ccccc6c6ccccc65)ccc4c3)c2c1. The molecule has 0 spiro atoms. The van der Waals surface area contributed by atoms with E-state index in [1.165, 1.54) is 219 Å². The summed E-state index contributed by atoms with van der Waals surface area (Å²) in [7, 11) is 0. The summed E-state index contributed by atoms with van der Waals surface area (Å²) >= 11 is 0. The quantitative estimate of drug-likeness (QED) is 0.144. The van der Waals surface area contributed by atoms with E-state index in [0.717, 1.165) is 0 Å². The molecule has 4 aromatic heterocycles. The van der Waals surface area contributed by atoms with Crippen LogP contribution in [0.1, 0.15) is 0 Å². The average Bonchev–Trinajstić information content (AvgIpc) is 1.23. The second-order valence-corrected chi connectivity index (χ2v) is 29.7. The van der Waals surface area contributed by atoms with E-state index in [-0.39, 0.29) is 0 Å². The van der Waals surface area contributed by atoms with Gasteiger partial charge in [-0.15, -0.1) is 0 Å². The van der Waals surface area contributed by atoms with Gasteiger partial charge in [0, 0.05) is 64.9 Å². The topological polar surface area (TPSA) is 19.7 Å². The zero-order chi connectivity index (χ0) is 73.5. The summed E-state index contributed by atoms with van der Waals surface area (Å²) in [6.45, 7) is 0. The van der Waals surface area contributed by atoms with E-state index in [1.807, 2.05) is 0 Å². The van der Waals surface area contributed by atoms with Gasteiger partial charge in [-0.05, 0) is 178 Å². The van der Waals surface area contributed by atoms with Crippen LogP contribution in [-0.4, -0.2) is 18.3 Å². The maximum Gasteiger partial charge on any atom is 0.0541 e. The molecule has 0 aliphatic carbocycles. The van der Waals surface area contributed by atoms with Gasteiger partial charge in [-0.3, -0.25) is 0 Å². The Hall–Kier alpha value is -14.8. The third-order valence-electron chi connectivity index (χ3n) is 23.9. The molecule has 0 aliphatic rings. The molecule has 20 aromatic carbocycles. The van der Waals surface area contributed by atoms with Crippen molar-refractivity contribution >= 4 is 152 Å². The van der Waals surface area contributed by atoms with Crippen molar-refractivity contribution in [3.63, 3.8) is 0 Å². The van der Waals surface area contributed by atoms with Crippen LogP contribution in [0.4, 0.5) is 0 Å². The molecule has 0 amide bonds. The molecule has 0 N–H and O–H groups in total. The minimum atomic E-state index is 1.17. The lowest BCUT2D eigenvalue weighted by atomic mass is 9.88. The van der Waals surface area contributed by atoms with Gasteiger partial charge >= 0.3 is 0 Å². The number of hydrogen-bond acceptors (Lipinski definition) is 0. The highest BCUT2D eigenvalue weighted by Crippen LogP contribution is 2.47. The first kappa shape index (κ1) is 63.3. The first-order valence-corrected chi connectivity index (χ1v) is 38.7. The third-order valence-corrected chi connectivity index (χ3v) is 23.9. The van der Waals surface area contributed by atoms with Gasteiger partial charge in [0.05, 0.1) is 61.2 Å². The molecule has 0 fully saturated rings. The van der Waals surface area contributed by atoms with Crippen molar-refractivity contribution in [2.45, 2.75) is 0 Å². The van der Waals surface area contributed by atoms with E-state index < -0.39 is 0 Å². The lowest BCUT2D eigenvalue weighted by molar-refractivity contribution is 1.19. The highest BCUT2D eigenvalue weighted by molar-refractivity contribution is 6.19. The zero-order valence-electron chi connectivity index (χ0n) is 61.0. The van der Waals surface area contributed by atoms with E-state index in [2.05, 4.69) is 431 Å². The summed E-state index contributed by atoms with van der Waals surface area (Å²) in [5.41, 5.74) is 24.4. The third kappa shape index (κ3) is 9.68. The fraction of sp³-hybridized carbons (Fsp3) is 0. The van der Waals surface area contributed by atoms with Crippen molar-refractivity contribution in [2.75, 3.05) is 0 Å². The number of hydrogen-bond donors (Lipinski definition) is 0. The van der Waals surface area contributed by atoms with Gasteiger partial charge in [0.1, 0.15) is 0 Å². The number of fused-ring (bicyclic) bond motifs is 18. The zero-order valence-corrected chi connectivity index (χ0v) is 61.0. The molecule has 0 aliphatic heterocycles. The first-order valence-electron chi connectivity index (χ1n) is 38.7. The molecule has 0 atom stereocenters. The molecule has 0 saturated heterocycles. The van der Waals surface area contributed by atoms with Crippen LogP contribution in [0.5, 0.6) is 0 Å². The number of benzene rings is 20. The molecule has 4 heteroatoms. The van der Waals surface area contributed by atoms with Crippen LogP contribution in [-0.2, 0) is 0 Å². The van der Waals surface area contributed by atoms with E-state index >= 15 is 0 Å². The Kier molecular flexibility index (Phi) is 14.3. The Morgan fingerprint density at radius 1 is 0.125 bits per heavy atom. The Bertz CT molecular complexity index is 7580. The van der Waals surface area contributed by atoms with E-state index in [9.17, 15) is 0 Å². The molecule has 0 unspecified atom stereocenters. The number of aromatic nitrogens is 4. The summed E-state index contributed by atoms with van der Waals surface area (Å²) in [5.74, 6) is 0. The number of para-hydroxylation sites is 8. The Morgan fingerprint density at radius 2 is 0.321 bits per heavy atom. The smallest absolute Gasteiger partial charge is 0.0541 e. The molecule has 24 aromatic rings. The largest absolute Gasteiger partial charge is 0.309 e. The lowest BCUT2D eigenvalue weighted by Crippen LogP contribution is -1.97. The Labute approximate surface area is 645 Å². The summed E-state index contributed by atoms with van der Waals surface area (Å²) in [6.07, 6.45) is 0. The van der Waals surface area contributed by atoms with Crippen molar-refractivity contribution in [2.24, 2.45) is 0 Å². The van der Waals surface area contributed by atoms with Crippen molar-refractivity contribution in [1.29, 1.82) is 0 Å². The predicted octanol–water partition coefficient (Wildman–Crippen LogP) is 29.3. The molecule has 0 bridgehead atoms. The van der Waals surface area contributed by atoms with Gasteiger partial charge in [-0.1, -0.05) is 328 Å². The standard InChI is InChI=1S/2C54H34N2/c1-2-16-36-35(15-1)39(41-31-33-53(43-19-5-3-17-37(41)43)55-49-25-11-7-21-45(49)46-22-8-12-26-50(46)55)29-30-40(36)42-32-34-54(44-20-6-4-18-38(42)44)56-51-27-13-9-23-47(51)48-24-10-14-28-52(48)56;1-2-14-41-40(13-1)39(37-26-25-36-34-38(28-27-35(36)33-37)55-50-21-9-5-17-46(50)47-18-6-10-22-51(47)55)29-30-43(41)44-31-32-54(45-16-4-3-15-42(44)45)56-52-23-11-7-19-48(52)49-20-8-12-24-53(49)56/h2*1-34H. The second kappa shape index (κ2) is 25.4. The molecule has 0 radical (unpaired) electrons. The number of rotatable bonds is 8. The molecule has 4 heterocycles. The normalized spacial score (nSPS) is 11.9. The fourth-order valence-corrected chi connectivity index (χ4v) is 19.0.